The predicted octanol–water partition coefficient (Wildman–Crippen LogP) is 3.37. The van der Waals surface area contributed by atoms with E-state index in [9.17, 15) is 4.79 Å². The molecule has 1 amide bonds. The molecule has 1 N–H and O–H groups in total. The Bertz CT molecular complexity index is 1070. The van der Waals surface area contributed by atoms with E-state index in [0.29, 0.717) is 21.9 Å². The molecular formula is C17H16N6O2S2. The first-order valence-electron chi connectivity index (χ1n) is 8.27. The van der Waals surface area contributed by atoms with Gasteiger partial charge in [-0.05, 0) is 18.6 Å². The molecule has 0 aliphatic rings. The summed E-state index contributed by atoms with van der Waals surface area (Å²) in [5.74, 6) is 1.30. The van der Waals surface area contributed by atoms with Crippen LogP contribution in [0.4, 0.5) is 5.13 Å². The van der Waals surface area contributed by atoms with E-state index < -0.39 is 0 Å². The van der Waals surface area contributed by atoms with Crippen molar-refractivity contribution in [2.24, 2.45) is 7.05 Å². The topological polar surface area (TPSA) is 98.7 Å². The van der Waals surface area contributed by atoms with E-state index in [1.165, 1.54) is 23.1 Å². The van der Waals surface area contributed by atoms with Gasteiger partial charge in [-0.1, -0.05) is 48.2 Å². The first kappa shape index (κ1) is 17.7. The highest BCUT2D eigenvalue weighted by molar-refractivity contribution is 7.99. The molecule has 4 rings (SSSR count). The van der Waals surface area contributed by atoms with Gasteiger partial charge in [0.05, 0.1) is 5.75 Å². The molecule has 8 nitrogen and oxygen atoms in total. The van der Waals surface area contributed by atoms with Gasteiger partial charge in [0.2, 0.25) is 11.0 Å². The minimum atomic E-state index is -0.160. The third-order valence-corrected chi connectivity index (χ3v) is 5.83. The second-order valence-electron chi connectivity index (χ2n) is 5.71. The van der Waals surface area contributed by atoms with Crippen molar-refractivity contribution in [1.29, 1.82) is 0 Å². The van der Waals surface area contributed by atoms with Gasteiger partial charge >= 0.3 is 0 Å². The van der Waals surface area contributed by atoms with Crippen LogP contribution in [-0.2, 0) is 18.3 Å². The fourth-order valence-electron chi connectivity index (χ4n) is 2.48. The SMILES string of the molecule is CCc1nnc(NC(=O)CSc2nnc(-c3cc4ccccc4o3)n2C)s1. The number of hydrogen-bond donors (Lipinski definition) is 1. The highest BCUT2D eigenvalue weighted by Gasteiger charge is 2.16. The van der Waals surface area contributed by atoms with Crippen molar-refractivity contribution in [3.05, 3.63) is 35.3 Å². The Labute approximate surface area is 163 Å². The lowest BCUT2D eigenvalue weighted by Gasteiger charge is -2.02. The minimum absolute atomic E-state index is 0.160. The number of nitrogens with one attached hydrogen (secondary N) is 1. The number of hydrogen-bond acceptors (Lipinski definition) is 8. The number of benzene rings is 1. The highest BCUT2D eigenvalue weighted by atomic mass is 32.2. The molecule has 1 aromatic carbocycles. The molecule has 0 radical (unpaired) electrons. The highest BCUT2D eigenvalue weighted by Crippen LogP contribution is 2.28. The van der Waals surface area contributed by atoms with E-state index in [1.54, 1.807) is 0 Å². The molecule has 0 saturated carbocycles. The largest absolute Gasteiger partial charge is 0.453 e. The smallest absolute Gasteiger partial charge is 0.236 e. The zero-order valence-electron chi connectivity index (χ0n) is 14.7. The molecule has 0 aliphatic carbocycles. The lowest BCUT2D eigenvalue weighted by Crippen LogP contribution is -2.14. The molecule has 0 saturated heterocycles. The Kier molecular flexibility index (Phi) is 4.90. The van der Waals surface area contributed by atoms with Gasteiger partial charge in [0.1, 0.15) is 10.6 Å². The number of carbonyl (C=O) groups excluding carboxylic acids is 1. The number of para-hydroxylation sites is 1. The molecule has 4 aromatic rings. The van der Waals surface area contributed by atoms with Crippen LogP contribution in [-0.4, -0.2) is 36.6 Å². The van der Waals surface area contributed by atoms with Gasteiger partial charge in [0, 0.05) is 12.4 Å². The number of aryl methyl sites for hydroxylation is 1. The fourth-order valence-corrected chi connectivity index (χ4v) is 3.89. The summed E-state index contributed by atoms with van der Waals surface area (Å²) in [5, 5.41) is 22.1. The van der Waals surface area contributed by atoms with Crippen molar-refractivity contribution in [3.8, 4) is 11.6 Å². The number of amides is 1. The van der Waals surface area contributed by atoms with E-state index in [2.05, 4.69) is 25.7 Å². The lowest BCUT2D eigenvalue weighted by molar-refractivity contribution is -0.113. The number of rotatable bonds is 6. The normalized spacial score (nSPS) is 11.2. The van der Waals surface area contributed by atoms with E-state index in [4.69, 9.17) is 4.42 Å². The first-order chi connectivity index (χ1) is 13.1. The van der Waals surface area contributed by atoms with E-state index in [-0.39, 0.29) is 11.7 Å². The Balaban J connectivity index is 1.43. The standard InChI is InChI=1S/C17H16N6O2S2/c1-3-14-19-21-16(27-14)18-13(24)9-26-17-22-20-15(23(17)2)12-8-10-6-4-5-7-11(10)25-12/h4-8H,3,9H2,1-2H3,(H,18,21,24). The summed E-state index contributed by atoms with van der Waals surface area (Å²) < 4.78 is 7.66. The van der Waals surface area contributed by atoms with Crippen LogP contribution >= 0.6 is 23.1 Å². The molecule has 0 spiro atoms. The summed E-state index contributed by atoms with van der Waals surface area (Å²) in [6, 6.07) is 9.71. The van der Waals surface area contributed by atoms with Crippen LogP contribution in [0.3, 0.4) is 0 Å². The molecule has 0 aliphatic heterocycles. The van der Waals surface area contributed by atoms with Crippen molar-refractivity contribution >= 4 is 45.1 Å². The number of carbonyl (C=O) groups is 1. The third-order valence-electron chi connectivity index (χ3n) is 3.83. The minimum Gasteiger partial charge on any atom is -0.453 e. The molecule has 27 heavy (non-hydrogen) atoms. The van der Waals surface area contributed by atoms with Crippen LogP contribution in [0.15, 0.2) is 39.9 Å². The second-order valence-corrected chi connectivity index (χ2v) is 7.71. The molecule has 138 valence electrons. The van der Waals surface area contributed by atoms with Gasteiger partial charge < -0.3 is 8.98 Å². The molecule has 0 fully saturated rings. The Morgan fingerprint density at radius 1 is 1.26 bits per heavy atom. The van der Waals surface area contributed by atoms with E-state index in [0.717, 1.165) is 22.4 Å². The van der Waals surface area contributed by atoms with Crippen LogP contribution in [0, 0.1) is 0 Å². The van der Waals surface area contributed by atoms with Crippen LogP contribution in [0.2, 0.25) is 0 Å². The van der Waals surface area contributed by atoms with Gasteiger partial charge in [0.25, 0.3) is 0 Å². The number of aromatic nitrogens is 5. The summed E-state index contributed by atoms with van der Waals surface area (Å²) >= 11 is 2.68. The molecule has 0 bridgehead atoms. The van der Waals surface area contributed by atoms with Gasteiger partial charge in [-0.25, -0.2) is 0 Å². The van der Waals surface area contributed by atoms with Gasteiger partial charge in [0.15, 0.2) is 16.7 Å². The summed E-state index contributed by atoms with van der Waals surface area (Å²) in [6.45, 7) is 2.00. The van der Waals surface area contributed by atoms with Gasteiger partial charge in [-0.3, -0.25) is 10.1 Å². The van der Waals surface area contributed by atoms with Crippen molar-refractivity contribution in [3.63, 3.8) is 0 Å². The van der Waals surface area contributed by atoms with Gasteiger partial charge in [-0.15, -0.1) is 20.4 Å². The van der Waals surface area contributed by atoms with E-state index in [1.807, 2.05) is 48.9 Å². The molecule has 0 atom stereocenters. The maximum absolute atomic E-state index is 12.1. The van der Waals surface area contributed by atoms with Crippen LogP contribution in [0.25, 0.3) is 22.6 Å². The Morgan fingerprint density at radius 2 is 2.11 bits per heavy atom. The third kappa shape index (κ3) is 3.71. The maximum atomic E-state index is 12.1. The summed E-state index contributed by atoms with van der Waals surface area (Å²) in [4.78, 5) is 12.1. The first-order valence-corrected chi connectivity index (χ1v) is 10.1. The average Bonchev–Trinajstić information content (AvgIpc) is 3.37. The second kappa shape index (κ2) is 7.49. The number of furan rings is 1. The van der Waals surface area contributed by atoms with Crippen molar-refractivity contribution in [2.45, 2.75) is 18.5 Å². The quantitative estimate of drug-likeness (QED) is 0.495. The monoisotopic (exact) mass is 400 g/mol. The number of fused-ring (bicyclic) bond motifs is 1. The Morgan fingerprint density at radius 3 is 2.89 bits per heavy atom. The van der Waals surface area contributed by atoms with Crippen LogP contribution in [0.5, 0.6) is 0 Å². The summed E-state index contributed by atoms with van der Waals surface area (Å²) in [7, 11) is 1.85. The van der Waals surface area contributed by atoms with Crippen LogP contribution in [0.1, 0.15) is 11.9 Å². The predicted molar refractivity (Wildman–Crippen MR) is 105 cm³/mol. The zero-order chi connectivity index (χ0) is 18.8. The zero-order valence-corrected chi connectivity index (χ0v) is 16.3. The van der Waals surface area contributed by atoms with E-state index >= 15 is 0 Å². The van der Waals surface area contributed by atoms with Gasteiger partial charge in [-0.2, -0.15) is 0 Å². The molecule has 3 aromatic heterocycles. The number of anilines is 1. The molecule has 3 heterocycles. The number of nitrogens with zero attached hydrogens (tertiary/aromatic N) is 5. The van der Waals surface area contributed by atoms with Crippen molar-refractivity contribution in [1.82, 2.24) is 25.0 Å². The average molecular weight is 400 g/mol. The molecule has 0 unspecified atom stereocenters. The Hall–Kier alpha value is -2.72. The number of thioether (sulfide) groups is 1. The summed E-state index contributed by atoms with van der Waals surface area (Å²) in [6.07, 6.45) is 0.797. The van der Waals surface area contributed by atoms with Crippen molar-refractivity contribution in [2.75, 3.05) is 11.1 Å². The maximum Gasteiger partial charge on any atom is 0.236 e. The lowest BCUT2D eigenvalue weighted by atomic mass is 10.2. The fraction of sp³-hybridized carbons (Fsp3) is 0.235. The van der Waals surface area contributed by atoms with Crippen LogP contribution < -0.4 is 5.32 Å². The molecular weight excluding hydrogens is 384 g/mol. The summed E-state index contributed by atoms with van der Waals surface area (Å²) in [5.41, 5.74) is 0.799. The van der Waals surface area contributed by atoms with Crippen molar-refractivity contribution < 1.29 is 9.21 Å². The molecule has 10 heteroatoms.